The molecule has 0 radical (unpaired) electrons. The molecule has 0 saturated carbocycles. The van der Waals surface area contributed by atoms with E-state index < -0.39 is 0 Å². The second-order valence-electron chi connectivity index (χ2n) is 6.50. The topological polar surface area (TPSA) is 58.7 Å². The number of ketones is 1. The first kappa shape index (κ1) is 18.9. The molecule has 0 saturated heterocycles. The predicted octanol–water partition coefficient (Wildman–Crippen LogP) is 5.33. The highest BCUT2D eigenvalue weighted by Crippen LogP contribution is 2.28. The predicted molar refractivity (Wildman–Crippen MR) is 107 cm³/mol. The third kappa shape index (κ3) is 3.79. The van der Waals surface area contributed by atoms with Crippen molar-refractivity contribution in [1.82, 2.24) is 9.78 Å². The maximum absolute atomic E-state index is 11.8. The number of rotatable bonds is 5. The number of Topliss-reactive ketones (excluding diaryl/α,β-unsaturated/α-hetero) is 1. The van der Waals surface area contributed by atoms with Gasteiger partial charge in [0, 0.05) is 23.2 Å². The van der Waals surface area contributed by atoms with E-state index in [4.69, 9.17) is 22.0 Å². The van der Waals surface area contributed by atoms with Crippen LogP contribution in [0.15, 0.2) is 42.5 Å². The van der Waals surface area contributed by atoms with Crippen molar-refractivity contribution in [1.29, 1.82) is 5.26 Å². The third-order valence-electron chi connectivity index (χ3n) is 4.80. The van der Waals surface area contributed by atoms with E-state index in [0.29, 0.717) is 23.6 Å². The van der Waals surface area contributed by atoms with E-state index in [9.17, 15) is 4.79 Å². The molecule has 3 aromatic rings. The van der Waals surface area contributed by atoms with Crippen LogP contribution in [0.1, 0.15) is 46.1 Å². The van der Waals surface area contributed by atoms with Crippen molar-refractivity contribution in [2.24, 2.45) is 0 Å². The lowest BCUT2D eigenvalue weighted by Gasteiger charge is -2.06. The highest BCUT2D eigenvalue weighted by Gasteiger charge is 2.14. The molecule has 27 heavy (non-hydrogen) atoms. The van der Waals surface area contributed by atoms with Crippen molar-refractivity contribution in [2.75, 3.05) is 0 Å². The van der Waals surface area contributed by atoms with E-state index in [2.05, 4.69) is 6.07 Å². The molecule has 136 valence electrons. The quantitative estimate of drug-likeness (QED) is 0.564. The Labute approximate surface area is 164 Å². The third-order valence-corrected chi connectivity index (χ3v) is 5.11. The minimum atomic E-state index is 0.146. The number of aromatic nitrogens is 2. The Morgan fingerprint density at radius 1 is 1.19 bits per heavy atom. The van der Waals surface area contributed by atoms with Gasteiger partial charge >= 0.3 is 0 Å². The zero-order chi connectivity index (χ0) is 19.6. The molecule has 4 nitrogen and oxygen atoms in total. The number of halogens is 1. The Kier molecular flexibility index (Phi) is 5.43. The second kappa shape index (κ2) is 7.77. The number of hydrogen-bond donors (Lipinski definition) is 0. The molecule has 0 bridgehead atoms. The molecule has 2 aromatic carbocycles. The van der Waals surface area contributed by atoms with Gasteiger partial charge in [0.15, 0.2) is 5.78 Å². The van der Waals surface area contributed by atoms with Crippen molar-refractivity contribution >= 4 is 17.4 Å². The standard InChI is InChI=1S/C22H20ClN3O/c1-4-21(27)17-7-5-16(6-8-17)13-26-15(3)14(2)22(25-26)18-9-10-19(12-24)20(23)11-18/h5-11H,4,13H2,1-3H3. The summed E-state index contributed by atoms with van der Waals surface area (Å²) in [6.45, 7) is 6.55. The molecule has 0 atom stereocenters. The van der Waals surface area contributed by atoms with Gasteiger partial charge in [-0.25, -0.2) is 0 Å². The smallest absolute Gasteiger partial charge is 0.162 e. The number of carbonyl (C=O) groups is 1. The average molecular weight is 378 g/mol. The minimum absolute atomic E-state index is 0.146. The van der Waals surface area contributed by atoms with E-state index >= 15 is 0 Å². The van der Waals surface area contributed by atoms with Gasteiger partial charge < -0.3 is 0 Å². The summed E-state index contributed by atoms with van der Waals surface area (Å²) in [5, 5.41) is 14.2. The summed E-state index contributed by atoms with van der Waals surface area (Å²) >= 11 is 6.18. The minimum Gasteiger partial charge on any atom is -0.294 e. The van der Waals surface area contributed by atoms with Crippen molar-refractivity contribution in [2.45, 2.75) is 33.7 Å². The molecule has 5 heteroatoms. The lowest BCUT2D eigenvalue weighted by atomic mass is 10.1. The first-order chi connectivity index (χ1) is 12.9. The van der Waals surface area contributed by atoms with Crippen LogP contribution >= 0.6 is 11.6 Å². The fourth-order valence-corrected chi connectivity index (χ4v) is 3.21. The SMILES string of the molecule is CCC(=O)c1ccc(Cn2nc(-c3ccc(C#N)c(Cl)c3)c(C)c2C)cc1. The molecule has 1 aromatic heterocycles. The maximum atomic E-state index is 11.8. The lowest BCUT2D eigenvalue weighted by Crippen LogP contribution is -2.05. The fourth-order valence-electron chi connectivity index (χ4n) is 2.99. The Hall–Kier alpha value is -2.90. The molecular formula is C22H20ClN3O. The summed E-state index contributed by atoms with van der Waals surface area (Å²) in [7, 11) is 0. The summed E-state index contributed by atoms with van der Waals surface area (Å²) in [5.74, 6) is 0.146. The summed E-state index contributed by atoms with van der Waals surface area (Å²) in [4.78, 5) is 11.8. The molecule has 0 fully saturated rings. The van der Waals surface area contributed by atoms with Crippen LogP contribution in [0.5, 0.6) is 0 Å². The van der Waals surface area contributed by atoms with Gasteiger partial charge in [-0.1, -0.05) is 48.9 Å². The number of benzene rings is 2. The van der Waals surface area contributed by atoms with Gasteiger partial charge in [-0.3, -0.25) is 9.48 Å². The van der Waals surface area contributed by atoms with Crippen LogP contribution in [0.2, 0.25) is 5.02 Å². The Balaban J connectivity index is 1.90. The van der Waals surface area contributed by atoms with Crippen LogP contribution in [0.3, 0.4) is 0 Å². The first-order valence-electron chi connectivity index (χ1n) is 8.80. The van der Waals surface area contributed by atoms with Gasteiger partial charge in [-0.15, -0.1) is 0 Å². The second-order valence-corrected chi connectivity index (χ2v) is 6.90. The highest BCUT2D eigenvalue weighted by molar-refractivity contribution is 6.32. The van der Waals surface area contributed by atoms with Crippen LogP contribution in [-0.4, -0.2) is 15.6 Å². The van der Waals surface area contributed by atoms with Crippen molar-refractivity contribution in [3.8, 4) is 17.3 Å². The van der Waals surface area contributed by atoms with Crippen molar-refractivity contribution in [3.05, 3.63) is 75.4 Å². The number of carbonyl (C=O) groups excluding carboxylic acids is 1. The van der Waals surface area contributed by atoms with E-state index in [-0.39, 0.29) is 5.78 Å². The fraction of sp³-hybridized carbons (Fsp3) is 0.227. The molecule has 3 rings (SSSR count). The van der Waals surface area contributed by atoms with Crippen molar-refractivity contribution in [3.63, 3.8) is 0 Å². The molecule has 0 aliphatic rings. The van der Waals surface area contributed by atoms with E-state index in [1.165, 1.54) is 0 Å². The van der Waals surface area contributed by atoms with Crippen LogP contribution < -0.4 is 0 Å². The summed E-state index contributed by atoms with van der Waals surface area (Å²) in [6.07, 6.45) is 0.507. The number of nitriles is 1. The normalized spacial score (nSPS) is 10.6. The summed E-state index contributed by atoms with van der Waals surface area (Å²) < 4.78 is 1.95. The Morgan fingerprint density at radius 2 is 1.89 bits per heavy atom. The van der Waals surface area contributed by atoms with E-state index in [1.54, 1.807) is 12.1 Å². The van der Waals surface area contributed by atoms with Gasteiger partial charge in [0.25, 0.3) is 0 Å². The average Bonchev–Trinajstić information content (AvgIpc) is 2.96. The Morgan fingerprint density at radius 3 is 2.48 bits per heavy atom. The van der Waals surface area contributed by atoms with Gasteiger partial charge in [-0.2, -0.15) is 10.4 Å². The van der Waals surface area contributed by atoms with Crippen LogP contribution in [-0.2, 0) is 6.54 Å². The van der Waals surface area contributed by atoms with Crippen LogP contribution in [0.4, 0.5) is 0 Å². The summed E-state index contributed by atoms with van der Waals surface area (Å²) in [5.41, 5.74) is 6.17. The molecule has 0 unspecified atom stereocenters. The van der Waals surface area contributed by atoms with E-state index in [0.717, 1.165) is 33.6 Å². The zero-order valence-electron chi connectivity index (χ0n) is 15.6. The molecule has 0 spiro atoms. The molecule has 0 N–H and O–H groups in total. The number of hydrogen-bond acceptors (Lipinski definition) is 3. The van der Waals surface area contributed by atoms with Gasteiger partial charge in [-0.05, 0) is 37.1 Å². The van der Waals surface area contributed by atoms with Gasteiger partial charge in [0.05, 0.1) is 22.8 Å². The monoisotopic (exact) mass is 377 g/mol. The zero-order valence-corrected chi connectivity index (χ0v) is 16.3. The largest absolute Gasteiger partial charge is 0.294 e. The van der Waals surface area contributed by atoms with Gasteiger partial charge in [0.1, 0.15) is 6.07 Å². The van der Waals surface area contributed by atoms with Crippen molar-refractivity contribution < 1.29 is 4.79 Å². The number of nitrogens with zero attached hydrogens (tertiary/aromatic N) is 3. The van der Waals surface area contributed by atoms with Crippen LogP contribution in [0.25, 0.3) is 11.3 Å². The summed E-state index contributed by atoms with van der Waals surface area (Å²) in [6, 6.07) is 15.1. The molecule has 1 heterocycles. The van der Waals surface area contributed by atoms with Gasteiger partial charge in [0.2, 0.25) is 0 Å². The Bertz CT molecular complexity index is 1040. The van der Waals surface area contributed by atoms with E-state index in [1.807, 2.05) is 55.8 Å². The first-order valence-corrected chi connectivity index (χ1v) is 9.18. The molecule has 0 amide bonds. The highest BCUT2D eigenvalue weighted by atomic mass is 35.5. The lowest BCUT2D eigenvalue weighted by molar-refractivity contribution is 0.0988. The molecule has 0 aliphatic carbocycles. The van der Waals surface area contributed by atoms with Crippen LogP contribution in [0, 0.1) is 25.2 Å². The maximum Gasteiger partial charge on any atom is 0.162 e. The molecular weight excluding hydrogens is 358 g/mol. The molecule has 0 aliphatic heterocycles.